The number of hydrogen-bond acceptors (Lipinski definition) is 5. The van der Waals surface area contributed by atoms with Crippen molar-refractivity contribution in [1.29, 1.82) is 0 Å². The number of primary sulfonamides is 1. The Morgan fingerprint density at radius 2 is 2.11 bits per heavy atom. The molecule has 3 N–H and O–H groups in total. The average molecular weight is 302 g/mol. The number of benzene rings is 1. The molecule has 0 aliphatic carbocycles. The summed E-state index contributed by atoms with van der Waals surface area (Å²) in [4.78, 5) is 11.5. The summed E-state index contributed by atoms with van der Waals surface area (Å²) in [5.41, 5.74) is 0.106. The number of carbonyl (C=O) groups excluding carboxylic acids is 1. The van der Waals surface area contributed by atoms with Crippen molar-refractivity contribution in [3.8, 4) is 0 Å². The molecule has 1 amide bonds. The lowest BCUT2D eigenvalue weighted by Crippen LogP contribution is -2.14. The number of aromatic nitrogens is 1. The van der Waals surface area contributed by atoms with Gasteiger partial charge in [0, 0.05) is 6.07 Å². The second-order valence-corrected chi connectivity index (χ2v) is 5.49. The van der Waals surface area contributed by atoms with Gasteiger partial charge in [-0.15, -0.1) is 0 Å². The monoisotopic (exact) mass is 301 g/mol. The van der Waals surface area contributed by atoms with Crippen molar-refractivity contribution in [2.45, 2.75) is 4.90 Å². The first-order valence-electron chi connectivity index (χ1n) is 4.92. The number of anilines is 1. The number of halogens is 1. The average Bonchev–Trinajstić information content (AvgIpc) is 2.84. The molecule has 0 aliphatic heterocycles. The fraction of sp³-hybridized carbons (Fsp3) is 0. The molecule has 1 heterocycles. The van der Waals surface area contributed by atoms with E-state index in [0.717, 1.165) is 6.07 Å². The van der Waals surface area contributed by atoms with Gasteiger partial charge < -0.3 is 9.84 Å². The molecule has 1 aromatic heterocycles. The Kier molecular flexibility index (Phi) is 3.56. The number of sulfonamides is 1. The highest BCUT2D eigenvalue weighted by Crippen LogP contribution is 2.25. The maximum atomic E-state index is 11.7. The largest absolute Gasteiger partial charge is 0.351 e. The van der Waals surface area contributed by atoms with Crippen molar-refractivity contribution in [2.75, 3.05) is 5.32 Å². The molecule has 0 aliphatic rings. The van der Waals surface area contributed by atoms with Crippen molar-refractivity contribution in [3.05, 3.63) is 41.2 Å². The number of nitrogens with zero attached hydrogens (tertiary/aromatic N) is 1. The number of amides is 1. The van der Waals surface area contributed by atoms with Crippen LogP contribution in [0.15, 0.2) is 39.9 Å². The van der Waals surface area contributed by atoms with Gasteiger partial charge in [-0.3, -0.25) is 4.79 Å². The molecule has 2 rings (SSSR count). The molecule has 0 spiro atoms. The molecule has 0 radical (unpaired) electrons. The van der Waals surface area contributed by atoms with Gasteiger partial charge in [-0.05, 0) is 18.2 Å². The van der Waals surface area contributed by atoms with E-state index in [1.807, 2.05) is 0 Å². The van der Waals surface area contributed by atoms with Crippen molar-refractivity contribution in [3.63, 3.8) is 0 Å². The summed E-state index contributed by atoms with van der Waals surface area (Å²) in [6.07, 6.45) is 1.30. The number of nitrogens with two attached hydrogens (primary N) is 1. The van der Waals surface area contributed by atoms with Gasteiger partial charge in [0.05, 0.1) is 21.8 Å². The van der Waals surface area contributed by atoms with Gasteiger partial charge in [0.25, 0.3) is 5.91 Å². The molecule has 2 aromatic rings. The molecule has 0 bridgehead atoms. The predicted octanol–water partition coefficient (Wildman–Crippen LogP) is 1.23. The molecule has 0 saturated heterocycles. The van der Waals surface area contributed by atoms with Gasteiger partial charge in [-0.1, -0.05) is 16.8 Å². The molecule has 0 fully saturated rings. The van der Waals surface area contributed by atoms with Gasteiger partial charge in [0.1, 0.15) is 0 Å². The lowest BCUT2D eigenvalue weighted by Gasteiger charge is -2.07. The Morgan fingerprint density at radius 1 is 1.37 bits per heavy atom. The number of hydrogen-bond donors (Lipinski definition) is 2. The summed E-state index contributed by atoms with van der Waals surface area (Å²) in [7, 11) is -3.88. The summed E-state index contributed by atoms with van der Waals surface area (Å²) in [5, 5.41) is 10.9. The molecule has 0 atom stereocenters. The van der Waals surface area contributed by atoms with Crippen LogP contribution < -0.4 is 10.5 Å². The molecular formula is C10H8ClN3O4S. The van der Waals surface area contributed by atoms with Crippen molar-refractivity contribution >= 4 is 33.2 Å². The van der Waals surface area contributed by atoms with Crippen LogP contribution in [0.4, 0.5) is 5.69 Å². The first-order chi connectivity index (χ1) is 8.88. The van der Waals surface area contributed by atoms with Crippen LogP contribution >= 0.6 is 11.6 Å². The van der Waals surface area contributed by atoms with Crippen LogP contribution in [0, 0.1) is 0 Å². The van der Waals surface area contributed by atoms with Crippen LogP contribution in [-0.2, 0) is 10.0 Å². The first kappa shape index (κ1) is 13.5. The van der Waals surface area contributed by atoms with E-state index in [9.17, 15) is 13.2 Å². The van der Waals surface area contributed by atoms with Gasteiger partial charge in [0.15, 0.2) is 0 Å². The van der Waals surface area contributed by atoms with Crippen molar-refractivity contribution < 1.29 is 17.7 Å². The molecule has 0 saturated carbocycles. The Balaban J connectivity index is 2.32. The molecule has 9 heteroatoms. The Morgan fingerprint density at radius 3 is 2.68 bits per heavy atom. The van der Waals surface area contributed by atoms with Crippen molar-refractivity contribution in [2.24, 2.45) is 5.14 Å². The maximum Gasteiger partial charge on any atom is 0.294 e. The lowest BCUT2D eigenvalue weighted by atomic mass is 10.3. The van der Waals surface area contributed by atoms with Crippen LogP contribution in [-0.4, -0.2) is 19.5 Å². The zero-order chi connectivity index (χ0) is 14.0. The van der Waals surface area contributed by atoms with E-state index in [-0.39, 0.29) is 21.4 Å². The first-order valence-corrected chi connectivity index (χ1v) is 6.85. The molecule has 7 nitrogen and oxygen atoms in total. The van der Waals surface area contributed by atoms with Gasteiger partial charge in [0.2, 0.25) is 15.8 Å². The van der Waals surface area contributed by atoms with Crippen molar-refractivity contribution in [1.82, 2.24) is 5.16 Å². The number of carbonyl (C=O) groups is 1. The zero-order valence-electron chi connectivity index (χ0n) is 9.33. The molecule has 19 heavy (non-hydrogen) atoms. The zero-order valence-corrected chi connectivity index (χ0v) is 10.9. The molecule has 100 valence electrons. The summed E-state index contributed by atoms with van der Waals surface area (Å²) >= 11 is 5.86. The van der Waals surface area contributed by atoms with E-state index in [2.05, 4.69) is 15.0 Å². The maximum absolute atomic E-state index is 11.7. The fourth-order valence-electron chi connectivity index (χ4n) is 1.29. The minimum Gasteiger partial charge on any atom is -0.351 e. The van der Waals surface area contributed by atoms with E-state index in [4.69, 9.17) is 16.7 Å². The van der Waals surface area contributed by atoms with E-state index >= 15 is 0 Å². The van der Waals surface area contributed by atoms with E-state index in [0.29, 0.717) is 0 Å². The third-order valence-corrected chi connectivity index (χ3v) is 3.42. The molecule has 0 unspecified atom stereocenters. The predicted molar refractivity (Wildman–Crippen MR) is 67.3 cm³/mol. The Bertz CT molecular complexity index is 712. The fourth-order valence-corrected chi connectivity index (χ4v) is 2.00. The van der Waals surface area contributed by atoms with Crippen LogP contribution in [0.1, 0.15) is 10.6 Å². The Labute approximate surface area is 113 Å². The highest BCUT2D eigenvalue weighted by atomic mass is 35.5. The lowest BCUT2D eigenvalue weighted by molar-refractivity contribution is 0.0988. The van der Waals surface area contributed by atoms with Crippen LogP contribution in [0.2, 0.25) is 5.02 Å². The highest BCUT2D eigenvalue weighted by Gasteiger charge is 2.15. The summed E-state index contributed by atoms with van der Waals surface area (Å²) in [6, 6.07) is 5.07. The SMILES string of the molecule is NS(=O)(=O)c1ccc(Cl)c(NC(=O)c2ccno2)c1. The van der Waals surface area contributed by atoms with E-state index < -0.39 is 15.9 Å². The van der Waals surface area contributed by atoms with Crippen LogP contribution in [0.5, 0.6) is 0 Å². The second-order valence-electron chi connectivity index (χ2n) is 3.52. The van der Waals surface area contributed by atoms with Gasteiger partial charge in [-0.25, -0.2) is 13.6 Å². The van der Waals surface area contributed by atoms with Gasteiger partial charge >= 0.3 is 0 Å². The van der Waals surface area contributed by atoms with Crippen LogP contribution in [0.3, 0.4) is 0 Å². The number of rotatable bonds is 3. The quantitative estimate of drug-likeness (QED) is 0.884. The third kappa shape index (κ3) is 3.11. The topological polar surface area (TPSA) is 115 Å². The molecule has 1 aromatic carbocycles. The summed E-state index contributed by atoms with van der Waals surface area (Å²) < 4.78 is 27.1. The minimum atomic E-state index is -3.88. The highest BCUT2D eigenvalue weighted by molar-refractivity contribution is 7.89. The Hall–Kier alpha value is -1.90. The van der Waals surface area contributed by atoms with Gasteiger partial charge in [-0.2, -0.15) is 0 Å². The smallest absolute Gasteiger partial charge is 0.294 e. The summed E-state index contributed by atoms with van der Waals surface area (Å²) in [6.45, 7) is 0. The third-order valence-electron chi connectivity index (χ3n) is 2.18. The minimum absolute atomic E-state index is 0.0305. The number of nitrogens with one attached hydrogen (secondary N) is 1. The normalized spacial score (nSPS) is 11.3. The van der Waals surface area contributed by atoms with E-state index in [1.54, 1.807) is 0 Å². The second kappa shape index (κ2) is 5.00. The van der Waals surface area contributed by atoms with Crippen LogP contribution in [0.25, 0.3) is 0 Å². The van der Waals surface area contributed by atoms with E-state index in [1.165, 1.54) is 24.4 Å². The molecular weight excluding hydrogens is 294 g/mol. The standard InChI is InChI=1S/C10H8ClN3O4S/c11-7-2-1-6(19(12,16)17)5-8(7)14-10(15)9-3-4-13-18-9/h1-5H,(H,14,15)(H2,12,16,17). The summed E-state index contributed by atoms with van der Waals surface area (Å²) in [5.74, 6) is -0.636.